The Hall–Kier alpha value is -2.37. The molecule has 1 saturated heterocycles. The first-order valence-corrected chi connectivity index (χ1v) is 7.25. The van der Waals surface area contributed by atoms with E-state index in [4.69, 9.17) is 5.11 Å². The van der Waals surface area contributed by atoms with E-state index in [0.29, 0.717) is 6.42 Å². The number of halogens is 1. The van der Waals surface area contributed by atoms with Gasteiger partial charge in [0.15, 0.2) is 0 Å². The number of aliphatic carboxylic acids is 1. The van der Waals surface area contributed by atoms with Gasteiger partial charge in [-0.1, -0.05) is 18.2 Å². The Morgan fingerprint density at radius 2 is 2.14 bits per heavy atom. The number of carboxylic acid groups (broad SMARTS) is 1. The van der Waals surface area contributed by atoms with E-state index in [1.54, 1.807) is 0 Å². The van der Waals surface area contributed by atoms with E-state index in [-0.39, 0.29) is 31.8 Å². The number of nitrogens with one attached hydrogen (secondary N) is 1. The molecular weight excluding hydrogens is 287 g/mol. The molecule has 2 heterocycles. The lowest BCUT2D eigenvalue weighted by molar-refractivity contribution is -0.150. The van der Waals surface area contributed by atoms with Crippen molar-refractivity contribution in [1.82, 2.24) is 9.88 Å². The number of hydrogen-bond acceptors (Lipinski definition) is 2. The number of carboxylic acids is 1. The number of H-pyrrole nitrogens is 1. The van der Waals surface area contributed by atoms with Crippen molar-refractivity contribution < 1.29 is 19.1 Å². The smallest absolute Gasteiger partial charge is 0.343 e. The zero-order valence-electron chi connectivity index (χ0n) is 12.0. The van der Waals surface area contributed by atoms with E-state index in [9.17, 15) is 14.0 Å². The number of aromatic nitrogens is 1. The minimum absolute atomic E-state index is 0.138. The van der Waals surface area contributed by atoms with E-state index in [0.717, 1.165) is 16.5 Å². The number of likely N-dealkylation sites (tertiary alicyclic amines) is 1. The number of aryl methyl sites for hydroxylation is 1. The molecule has 22 heavy (non-hydrogen) atoms. The summed E-state index contributed by atoms with van der Waals surface area (Å²) in [7, 11) is 0. The van der Waals surface area contributed by atoms with Crippen LogP contribution in [0.5, 0.6) is 0 Å². The molecule has 6 heteroatoms. The van der Waals surface area contributed by atoms with Crippen LogP contribution in [0.3, 0.4) is 0 Å². The fourth-order valence-electron chi connectivity index (χ4n) is 2.90. The Bertz CT molecular complexity index is 727. The molecule has 1 unspecified atom stereocenters. The number of alkyl halides is 1. The summed E-state index contributed by atoms with van der Waals surface area (Å²) < 4.78 is 14.0. The second-order valence-electron chi connectivity index (χ2n) is 5.70. The van der Waals surface area contributed by atoms with Crippen LogP contribution in [-0.2, 0) is 16.0 Å². The number of benzene rings is 1. The van der Waals surface area contributed by atoms with Gasteiger partial charge in [-0.15, -0.1) is 0 Å². The summed E-state index contributed by atoms with van der Waals surface area (Å²) in [6.45, 7) is -0.190. The molecule has 0 bridgehead atoms. The van der Waals surface area contributed by atoms with Gasteiger partial charge in [-0.3, -0.25) is 4.79 Å². The Kier molecular flexibility index (Phi) is 3.60. The minimum Gasteiger partial charge on any atom is -0.479 e. The topological polar surface area (TPSA) is 73.4 Å². The SMILES string of the molecule is O=C(CCc1c[nH]c2ccccc12)N1CCC(F)(C(=O)O)C1. The van der Waals surface area contributed by atoms with Gasteiger partial charge in [-0.2, -0.15) is 0 Å². The van der Waals surface area contributed by atoms with Crippen molar-refractivity contribution in [2.75, 3.05) is 13.1 Å². The van der Waals surface area contributed by atoms with Gasteiger partial charge in [0.05, 0.1) is 6.54 Å². The Morgan fingerprint density at radius 3 is 2.86 bits per heavy atom. The van der Waals surface area contributed by atoms with E-state index in [1.165, 1.54) is 4.90 Å². The van der Waals surface area contributed by atoms with Gasteiger partial charge in [0.25, 0.3) is 0 Å². The minimum atomic E-state index is -2.30. The van der Waals surface area contributed by atoms with Crippen molar-refractivity contribution in [3.63, 3.8) is 0 Å². The van der Waals surface area contributed by atoms with Gasteiger partial charge in [0.1, 0.15) is 0 Å². The number of rotatable bonds is 4. The van der Waals surface area contributed by atoms with Crippen LogP contribution in [0.25, 0.3) is 10.9 Å². The molecule has 3 rings (SSSR count). The average Bonchev–Trinajstić information content (AvgIpc) is 3.10. The first kappa shape index (κ1) is 14.6. The van der Waals surface area contributed by atoms with E-state index in [1.807, 2.05) is 30.5 Å². The Labute approximate surface area is 126 Å². The van der Waals surface area contributed by atoms with Crippen LogP contribution in [0.1, 0.15) is 18.4 Å². The highest BCUT2D eigenvalue weighted by Gasteiger charge is 2.46. The van der Waals surface area contributed by atoms with Crippen LogP contribution >= 0.6 is 0 Å². The lowest BCUT2D eigenvalue weighted by Crippen LogP contribution is -2.38. The summed E-state index contributed by atoms with van der Waals surface area (Å²) in [6.07, 6.45) is 2.53. The summed E-state index contributed by atoms with van der Waals surface area (Å²) in [5, 5.41) is 9.92. The number of hydrogen-bond donors (Lipinski definition) is 2. The van der Waals surface area contributed by atoms with E-state index in [2.05, 4.69) is 4.98 Å². The number of para-hydroxylation sites is 1. The van der Waals surface area contributed by atoms with Gasteiger partial charge < -0.3 is 15.0 Å². The molecule has 2 N–H and O–H groups in total. The molecule has 1 amide bonds. The number of amides is 1. The number of fused-ring (bicyclic) bond motifs is 1. The van der Waals surface area contributed by atoms with Crippen LogP contribution in [-0.4, -0.2) is 45.6 Å². The maximum atomic E-state index is 14.0. The average molecular weight is 304 g/mol. The lowest BCUT2D eigenvalue weighted by Gasteiger charge is -2.17. The molecule has 0 spiro atoms. The number of nitrogens with zero attached hydrogens (tertiary/aromatic N) is 1. The second kappa shape index (κ2) is 5.44. The van der Waals surface area contributed by atoms with Gasteiger partial charge in [0.2, 0.25) is 11.6 Å². The molecule has 0 aliphatic carbocycles. The predicted octanol–water partition coefficient (Wildman–Crippen LogP) is 2.13. The monoisotopic (exact) mass is 304 g/mol. The lowest BCUT2D eigenvalue weighted by atomic mass is 10.1. The Morgan fingerprint density at radius 1 is 1.36 bits per heavy atom. The molecule has 5 nitrogen and oxygen atoms in total. The van der Waals surface area contributed by atoms with Crippen molar-refractivity contribution in [2.45, 2.75) is 24.9 Å². The first-order valence-electron chi connectivity index (χ1n) is 7.25. The van der Waals surface area contributed by atoms with Crippen LogP contribution < -0.4 is 0 Å². The molecule has 1 fully saturated rings. The third-order valence-electron chi connectivity index (χ3n) is 4.24. The summed E-state index contributed by atoms with van der Waals surface area (Å²) in [4.78, 5) is 27.5. The van der Waals surface area contributed by atoms with E-state index < -0.39 is 11.6 Å². The standard InChI is InChI=1S/C16H17FN2O3/c17-16(15(21)22)7-8-19(10-16)14(20)6-5-11-9-18-13-4-2-1-3-12(11)13/h1-4,9,18H,5-8,10H2,(H,21,22). The van der Waals surface area contributed by atoms with Gasteiger partial charge in [0, 0.05) is 36.5 Å². The largest absolute Gasteiger partial charge is 0.479 e. The Balaban J connectivity index is 1.63. The molecular formula is C16H17FN2O3. The quantitative estimate of drug-likeness (QED) is 0.908. The summed E-state index contributed by atoms with van der Waals surface area (Å²) >= 11 is 0. The molecule has 1 aliphatic rings. The van der Waals surface area contributed by atoms with Crippen LogP contribution in [0.15, 0.2) is 30.5 Å². The molecule has 1 atom stereocenters. The first-order chi connectivity index (χ1) is 10.5. The normalized spacial score (nSPS) is 21.4. The highest BCUT2D eigenvalue weighted by atomic mass is 19.1. The fourth-order valence-corrected chi connectivity index (χ4v) is 2.90. The van der Waals surface area contributed by atoms with E-state index >= 15 is 0 Å². The third kappa shape index (κ3) is 2.56. The van der Waals surface area contributed by atoms with Crippen LogP contribution in [0.2, 0.25) is 0 Å². The highest BCUT2D eigenvalue weighted by molar-refractivity contribution is 5.85. The van der Waals surface area contributed by atoms with Crippen molar-refractivity contribution in [1.29, 1.82) is 0 Å². The zero-order valence-corrected chi connectivity index (χ0v) is 12.0. The van der Waals surface area contributed by atoms with Crippen LogP contribution in [0.4, 0.5) is 4.39 Å². The maximum absolute atomic E-state index is 14.0. The van der Waals surface area contributed by atoms with Crippen molar-refractivity contribution >= 4 is 22.8 Å². The summed E-state index contributed by atoms with van der Waals surface area (Å²) in [5.74, 6) is -1.69. The fraction of sp³-hybridized carbons (Fsp3) is 0.375. The molecule has 0 saturated carbocycles. The molecule has 116 valence electrons. The van der Waals surface area contributed by atoms with Crippen molar-refractivity contribution in [2.24, 2.45) is 0 Å². The number of aromatic amines is 1. The molecule has 0 radical (unpaired) electrons. The number of carbonyl (C=O) groups is 2. The van der Waals surface area contributed by atoms with Gasteiger partial charge in [-0.25, -0.2) is 9.18 Å². The third-order valence-corrected chi connectivity index (χ3v) is 4.24. The molecule has 1 aromatic heterocycles. The number of carbonyl (C=O) groups excluding carboxylic acids is 1. The van der Waals surface area contributed by atoms with Gasteiger partial charge >= 0.3 is 5.97 Å². The zero-order chi connectivity index (χ0) is 15.7. The second-order valence-corrected chi connectivity index (χ2v) is 5.70. The molecule has 2 aromatic rings. The summed E-state index contributed by atoms with van der Waals surface area (Å²) in [5.41, 5.74) is -0.246. The highest BCUT2D eigenvalue weighted by Crippen LogP contribution is 2.27. The maximum Gasteiger partial charge on any atom is 0.343 e. The van der Waals surface area contributed by atoms with Gasteiger partial charge in [-0.05, 0) is 18.1 Å². The van der Waals surface area contributed by atoms with Crippen LogP contribution in [0, 0.1) is 0 Å². The van der Waals surface area contributed by atoms with Crippen molar-refractivity contribution in [3.05, 3.63) is 36.0 Å². The summed E-state index contributed by atoms with van der Waals surface area (Å²) in [6, 6.07) is 7.82. The molecule has 1 aromatic carbocycles. The van der Waals surface area contributed by atoms with Crippen molar-refractivity contribution in [3.8, 4) is 0 Å². The predicted molar refractivity (Wildman–Crippen MR) is 79.3 cm³/mol. The molecule has 1 aliphatic heterocycles.